The van der Waals surface area contributed by atoms with E-state index in [1.807, 2.05) is 19.1 Å². The van der Waals surface area contributed by atoms with Crippen LogP contribution in [0.5, 0.6) is 0 Å². The van der Waals surface area contributed by atoms with Crippen LogP contribution in [0.15, 0.2) is 47.4 Å². The van der Waals surface area contributed by atoms with Crippen LogP contribution in [0.4, 0.5) is 14.5 Å². The Morgan fingerprint density at radius 2 is 1.76 bits per heavy atom. The van der Waals surface area contributed by atoms with E-state index < -0.39 is 5.76 Å². The van der Waals surface area contributed by atoms with Gasteiger partial charge in [0.25, 0.3) is 5.76 Å². The quantitative estimate of drug-likeness (QED) is 0.701. The Kier molecular flexibility index (Phi) is 5.23. The molecule has 2 aromatic rings. The number of aryl methyl sites for hydroxylation is 2. The number of rotatable bonds is 5. The van der Waals surface area contributed by atoms with Crippen LogP contribution in [-0.2, 0) is 0 Å². The van der Waals surface area contributed by atoms with E-state index in [4.69, 9.17) is 0 Å². The van der Waals surface area contributed by atoms with Crippen LogP contribution in [0.3, 0.4) is 0 Å². The van der Waals surface area contributed by atoms with Gasteiger partial charge >= 0.3 is 0 Å². The van der Waals surface area contributed by atoms with Gasteiger partial charge in [0, 0.05) is 16.6 Å². The molecule has 4 heteroatoms. The smallest absolute Gasteiger partial charge is 0.288 e. The predicted octanol–water partition coefficient (Wildman–Crippen LogP) is 5.79. The molecule has 0 heterocycles. The van der Waals surface area contributed by atoms with Gasteiger partial charge in [-0.2, -0.15) is 8.78 Å². The van der Waals surface area contributed by atoms with Crippen molar-refractivity contribution in [2.75, 3.05) is 5.32 Å². The summed E-state index contributed by atoms with van der Waals surface area (Å²) in [5, 5.41) is 3.35. The molecule has 2 aromatic carbocycles. The van der Waals surface area contributed by atoms with Crippen molar-refractivity contribution in [2.45, 2.75) is 37.5 Å². The van der Waals surface area contributed by atoms with Crippen molar-refractivity contribution in [1.82, 2.24) is 0 Å². The van der Waals surface area contributed by atoms with E-state index >= 15 is 0 Å². The summed E-state index contributed by atoms with van der Waals surface area (Å²) in [6.07, 6.45) is 0. The van der Waals surface area contributed by atoms with Gasteiger partial charge in [-0.3, -0.25) is 0 Å². The second-order valence-corrected chi connectivity index (χ2v) is 6.13. The largest absolute Gasteiger partial charge is 0.378 e. The third-order valence-electron chi connectivity index (χ3n) is 3.38. The van der Waals surface area contributed by atoms with Gasteiger partial charge in [-0.05, 0) is 44.0 Å². The van der Waals surface area contributed by atoms with E-state index in [-0.39, 0.29) is 6.04 Å². The van der Waals surface area contributed by atoms with E-state index in [2.05, 4.69) is 37.4 Å². The zero-order valence-corrected chi connectivity index (χ0v) is 13.2. The maximum absolute atomic E-state index is 12.6. The first-order chi connectivity index (χ1) is 9.97. The lowest BCUT2D eigenvalue weighted by Gasteiger charge is -2.20. The first-order valence-corrected chi connectivity index (χ1v) is 7.73. The Morgan fingerprint density at radius 1 is 1.05 bits per heavy atom. The summed E-state index contributed by atoms with van der Waals surface area (Å²) < 4.78 is 25.2. The molecule has 112 valence electrons. The predicted molar refractivity (Wildman–Crippen MR) is 86.3 cm³/mol. The molecule has 0 saturated carbocycles. The molecule has 0 aliphatic rings. The molecule has 0 aliphatic heterocycles. The van der Waals surface area contributed by atoms with E-state index in [0.29, 0.717) is 16.7 Å². The number of para-hydroxylation sites is 1. The third-order valence-corrected chi connectivity index (χ3v) is 4.16. The van der Waals surface area contributed by atoms with Crippen molar-refractivity contribution < 1.29 is 8.78 Å². The van der Waals surface area contributed by atoms with Crippen LogP contribution in [-0.4, -0.2) is 5.76 Å². The summed E-state index contributed by atoms with van der Waals surface area (Å²) in [5.41, 5.74) is 4.32. The van der Waals surface area contributed by atoms with Crippen LogP contribution < -0.4 is 5.32 Å². The van der Waals surface area contributed by atoms with Crippen LogP contribution in [0.2, 0.25) is 0 Å². The van der Waals surface area contributed by atoms with Gasteiger partial charge in [0.2, 0.25) is 0 Å². The van der Waals surface area contributed by atoms with Crippen molar-refractivity contribution >= 4 is 17.4 Å². The first kappa shape index (κ1) is 15.8. The number of thioether (sulfide) groups is 1. The molecule has 0 aromatic heterocycles. The molecule has 0 aliphatic carbocycles. The summed E-state index contributed by atoms with van der Waals surface area (Å²) in [7, 11) is 0. The van der Waals surface area contributed by atoms with Crippen LogP contribution in [0.25, 0.3) is 0 Å². The van der Waals surface area contributed by atoms with Gasteiger partial charge in [0.05, 0.1) is 0 Å². The molecule has 21 heavy (non-hydrogen) atoms. The maximum atomic E-state index is 12.6. The molecule has 0 fully saturated rings. The van der Waals surface area contributed by atoms with Gasteiger partial charge in [-0.15, -0.1) is 0 Å². The number of hydrogen-bond donors (Lipinski definition) is 1. The van der Waals surface area contributed by atoms with Crippen molar-refractivity contribution in [3.63, 3.8) is 0 Å². The SMILES string of the molecule is Cc1ccc(C)c(C(C)Nc2ccccc2SC(F)F)c1. The standard InChI is InChI=1S/C17H19F2NS/c1-11-8-9-12(2)14(10-11)13(3)20-15-6-4-5-7-16(15)21-17(18)19/h4-10,13,17,20H,1-3H3. The lowest BCUT2D eigenvalue weighted by atomic mass is 10.00. The summed E-state index contributed by atoms with van der Waals surface area (Å²) in [4.78, 5) is 0.574. The monoisotopic (exact) mass is 307 g/mol. The van der Waals surface area contributed by atoms with Crippen molar-refractivity contribution in [1.29, 1.82) is 0 Å². The number of anilines is 1. The first-order valence-electron chi connectivity index (χ1n) is 6.85. The molecule has 0 radical (unpaired) electrons. The van der Waals surface area contributed by atoms with Gasteiger partial charge in [0.15, 0.2) is 0 Å². The van der Waals surface area contributed by atoms with Gasteiger partial charge in [0.1, 0.15) is 0 Å². The number of halogens is 2. The minimum atomic E-state index is -2.41. The Hall–Kier alpha value is -1.55. The van der Waals surface area contributed by atoms with Crippen molar-refractivity contribution in [3.05, 3.63) is 59.2 Å². The van der Waals surface area contributed by atoms with E-state index in [0.717, 1.165) is 5.69 Å². The molecule has 2 rings (SSSR count). The topological polar surface area (TPSA) is 12.0 Å². The van der Waals surface area contributed by atoms with Crippen molar-refractivity contribution in [3.8, 4) is 0 Å². The molecular weight excluding hydrogens is 288 g/mol. The summed E-state index contributed by atoms with van der Waals surface area (Å²) >= 11 is 0.574. The molecule has 1 unspecified atom stereocenters. The average molecular weight is 307 g/mol. The zero-order chi connectivity index (χ0) is 15.4. The molecule has 1 nitrogen and oxygen atoms in total. The van der Waals surface area contributed by atoms with E-state index in [1.165, 1.54) is 16.7 Å². The number of alkyl halides is 2. The van der Waals surface area contributed by atoms with E-state index in [9.17, 15) is 8.78 Å². The average Bonchev–Trinajstić information content (AvgIpc) is 2.43. The minimum absolute atomic E-state index is 0.0596. The third kappa shape index (κ3) is 4.21. The molecule has 1 atom stereocenters. The molecule has 0 saturated heterocycles. The fraction of sp³-hybridized carbons (Fsp3) is 0.294. The fourth-order valence-electron chi connectivity index (χ4n) is 2.32. The number of nitrogens with one attached hydrogen (secondary N) is 1. The van der Waals surface area contributed by atoms with Gasteiger partial charge in [-0.1, -0.05) is 47.7 Å². The van der Waals surface area contributed by atoms with Crippen LogP contribution in [0, 0.1) is 13.8 Å². The zero-order valence-electron chi connectivity index (χ0n) is 12.4. The van der Waals surface area contributed by atoms with Gasteiger partial charge in [-0.25, -0.2) is 0 Å². The van der Waals surface area contributed by atoms with Gasteiger partial charge < -0.3 is 5.32 Å². The second kappa shape index (κ2) is 6.94. The van der Waals surface area contributed by atoms with Crippen molar-refractivity contribution in [2.24, 2.45) is 0 Å². The Balaban J connectivity index is 2.23. The molecular formula is C17H19F2NS. The Morgan fingerprint density at radius 3 is 2.48 bits per heavy atom. The number of hydrogen-bond acceptors (Lipinski definition) is 2. The summed E-state index contributed by atoms with van der Waals surface area (Å²) in [6.45, 7) is 6.16. The fourth-order valence-corrected chi connectivity index (χ4v) is 2.93. The molecule has 0 amide bonds. The molecule has 1 N–H and O–H groups in total. The highest BCUT2D eigenvalue weighted by Gasteiger charge is 2.13. The maximum Gasteiger partial charge on any atom is 0.288 e. The molecule has 0 bridgehead atoms. The Bertz CT molecular complexity index is 613. The minimum Gasteiger partial charge on any atom is -0.378 e. The Labute approximate surface area is 128 Å². The molecule has 0 spiro atoms. The second-order valence-electron chi connectivity index (χ2n) is 5.10. The van der Waals surface area contributed by atoms with E-state index in [1.54, 1.807) is 12.1 Å². The summed E-state index contributed by atoms with van der Waals surface area (Å²) in [6, 6.07) is 13.5. The van der Waals surface area contributed by atoms with Crippen LogP contribution >= 0.6 is 11.8 Å². The highest BCUT2D eigenvalue weighted by Crippen LogP contribution is 2.34. The highest BCUT2D eigenvalue weighted by atomic mass is 32.2. The lowest BCUT2D eigenvalue weighted by Crippen LogP contribution is -2.09. The normalized spacial score (nSPS) is 12.5. The lowest BCUT2D eigenvalue weighted by molar-refractivity contribution is 0.252. The number of benzene rings is 2. The van der Waals surface area contributed by atoms with Crippen LogP contribution in [0.1, 0.15) is 29.7 Å². The highest BCUT2D eigenvalue weighted by molar-refractivity contribution is 7.99. The summed E-state index contributed by atoms with van der Waals surface area (Å²) in [5.74, 6) is -2.41.